The van der Waals surface area contributed by atoms with E-state index in [2.05, 4.69) is 5.32 Å². The number of rotatable bonds is 5. The number of benzene rings is 1. The van der Waals surface area contributed by atoms with Crippen LogP contribution in [-0.4, -0.2) is 29.1 Å². The average molecular weight is 410 g/mol. The zero-order valence-corrected chi connectivity index (χ0v) is 15.6. The Morgan fingerprint density at radius 1 is 1.20 bits per heavy atom. The second-order valence-corrected chi connectivity index (χ2v) is 5.97. The van der Waals surface area contributed by atoms with Gasteiger partial charge in [-0.25, -0.2) is 14.0 Å². The van der Waals surface area contributed by atoms with Crippen molar-refractivity contribution in [3.63, 3.8) is 0 Å². The number of anilines is 1. The van der Waals surface area contributed by atoms with Crippen LogP contribution >= 0.6 is 0 Å². The number of para-hydroxylation sites is 1. The number of hydrogen-bond donors (Lipinski definition) is 2. The summed E-state index contributed by atoms with van der Waals surface area (Å²) in [5.41, 5.74) is -0.291. The minimum Gasteiger partial charge on any atom is -0.452 e. The predicted octanol–water partition coefficient (Wildman–Crippen LogP) is 2.89. The number of furan rings is 1. The van der Waals surface area contributed by atoms with Crippen LogP contribution in [0.3, 0.4) is 0 Å². The van der Waals surface area contributed by atoms with Gasteiger partial charge in [-0.15, -0.1) is 0 Å². The number of carbonyl (C=O) groups is 3. The van der Waals surface area contributed by atoms with Crippen LogP contribution in [0.5, 0.6) is 0 Å². The molecular formula is C20H15FN4O5. The second kappa shape index (κ2) is 8.74. The van der Waals surface area contributed by atoms with Crippen molar-refractivity contribution in [2.45, 2.75) is 6.92 Å². The van der Waals surface area contributed by atoms with Gasteiger partial charge in [-0.05, 0) is 31.2 Å². The molecule has 10 heteroatoms. The van der Waals surface area contributed by atoms with Gasteiger partial charge in [0.2, 0.25) is 5.88 Å². The molecule has 3 amide bonds. The number of urea groups is 1. The van der Waals surface area contributed by atoms with Gasteiger partial charge in [-0.1, -0.05) is 12.1 Å². The van der Waals surface area contributed by atoms with Gasteiger partial charge in [0, 0.05) is 12.4 Å². The number of hydrogen-bond acceptors (Lipinski definition) is 6. The van der Waals surface area contributed by atoms with Crippen LogP contribution in [0.25, 0.3) is 5.88 Å². The smallest absolute Gasteiger partial charge is 0.343 e. The van der Waals surface area contributed by atoms with Crippen molar-refractivity contribution < 1.29 is 27.9 Å². The van der Waals surface area contributed by atoms with Crippen LogP contribution in [0.1, 0.15) is 21.7 Å². The van der Waals surface area contributed by atoms with Gasteiger partial charge in [-0.3, -0.25) is 14.7 Å². The number of carbonyl (C=O) groups excluding carboxylic acids is 3. The van der Waals surface area contributed by atoms with Gasteiger partial charge < -0.3 is 14.5 Å². The lowest BCUT2D eigenvalue weighted by Gasteiger charge is -2.08. The summed E-state index contributed by atoms with van der Waals surface area (Å²) in [4.78, 5) is 36.0. The Bertz CT molecular complexity index is 1140. The number of nitrogens with zero attached hydrogens (tertiary/aromatic N) is 2. The number of aromatic nitrogens is 1. The molecule has 0 aliphatic heterocycles. The Balaban J connectivity index is 1.62. The van der Waals surface area contributed by atoms with Crippen molar-refractivity contribution in [1.29, 1.82) is 5.26 Å². The summed E-state index contributed by atoms with van der Waals surface area (Å²) in [5.74, 6) is -2.30. The Labute approximate surface area is 169 Å². The summed E-state index contributed by atoms with van der Waals surface area (Å²) >= 11 is 0. The molecule has 9 nitrogen and oxygen atoms in total. The fraction of sp³-hybridized carbons (Fsp3) is 0.100. The van der Waals surface area contributed by atoms with Crippen molar-refractivity contribution in [2.24, 2.45) is 0 Å². The molecule has 0 bridgehead atoms. The Kier molecular flexibility index (Phi) is 5.93. The van der Waals surface area contributed by atoms with E-state index in [9.17, 15) is 24.0 Å². The summed E-state index contributed by atoms with van der Waals surface area (Å²) in [6.45, 7) is 0.685. The van der Waals surface area contributed by atoms with Gasteiger partial charge >= 0.3 is 12.0 Å². The lowest BCUT2D eigenvalue weighted by Crippen LogP contribution is -2.37. The fourth-order valence-electron chi connectivity index (χ4n) is 2.61. The van der Waals surface area contributed by atoms with Crippen molar-refractivity contribution in [3.05, 3.63) is 71.5 Å². The molecule has 2 aromatic heterocycles. The first-order valence-corrected chi connectivity index (χ1v) is 8.60. The maximum Gasteiger partial charge on any atom is 0.343 e. The van der Waals surface area contributed by atoms with Gasteiger partial charge in [0.05, 0.1) is 5.69 Å². The van der Waals surface area contributed by atoms with E-state index in [0.29, 0.717) is 0 Å². The summed E-state index contributed by atoms with van der Waals surface area (Å²) < 4.78 is 25.4. The number of esters is 1. The number of nitriles is 1. The van der Waals surface area contributed by atoms with Crippen LogP contribution < -0.4 is 10.6 Å². The maximum absolute atomic E-state index is 13.5. The highest BCUT2D eigenvalue weighted by molar-refractivity contribution is 6.02. The molecule has 0 aliphatic rings. The number of halogens is 1. The molecule has 0 fully saturated rings. The third-order valence-electron chi connectivity index (χ3n) is 3.93. The Morgan fingerprint density at radius 2 is 1.90 bits per heavy atom. The Morgan fingerprint density at radius 3 is 2.57 bits per heavy atom. The van der Waals surface area contributed by atoms with Gasteiger partial charge in [0.25, 0.3) is 5.91 Å². The normalized spacial score (nSPS) is 10.2. The minimum absolute atomic E-state index is 0.0496. The van der Waals surface area contributed by atoms with E-state index < -0.39 is 30.3 Å². The number of nitrogens with one attached hydrogen (secondary N) is 2. The summed E-state index contributed by atoms with van der Waals surface area (Å²) in [6, 6.07) is 9.73. The van der Waals surface area contributed by atoms with E-state index in [1.807, 2.05) is 11.4 Å². The topological polar surface area (TPSA) is 126 Å². The van der Waals surface area contributed by atoms with Crippen LogP contribution in [0, 0.1) is 24.1 Å². The molecular weight excluding hydrogens is 395 g/mol. The van der Waals surface area contributed by atoms with Crippen molar-refractivity contribution in [1.82, 2.24) is 9.88 Å². The SMILES string of the molecule is Cc1oc(-n2cccc2)c(C#N)c1C(=O)OCC(=O)NC(=O)Nc1ccccc1F. The number of imide groups is 1. The van der Waals surface area contributed by atoms with E-state index in [4.69, 9.17) is 9.15 Å². The third-order valence-corrected chi connectivity index (χ3v) is 3.93. The van der Waals surface area contributed by atoms with E-state index in [-0.39, 0.29) is 28.5 Å². The molecule has 3 rings (SSSR count). The molecule has 0 saturated carbocycles. The van der Waals surface area contributed by atoms with Crippen LogP contribution in [0.2, 0.25) is 0 Å². The first kappa shape index (κ1) is 20.3. The molecule has 152 valence electrons. The molecule has 2 heterocycles. The van der Waals surface area contributed by atoms with Crippen LogP contribution in [0.15, 0.2) is 53.2 Å². The highest BCUT2D eigenvalue weighted by atomic mass is 19.1. The first-order chi connectivity index (χ1) is 14.4. The van der Waals surface area contributed by atoms with Crippen molar-refractivity contribution in [2.75, 3.05) is 11.9 Å². The molecule has 30 heavy (non-hydrogen) atoms. The number of aryl methyl sites for hydroxylation is 1. The largest absolute Gasteiger partial charge is 0.452 e. The van der Waals surface area contributed by atoms with Crippen LogP contribution in [-0.2, 0) is 9.53 Å². The summed E-state index contributed by atoms with van der Waals surface area (Å²) in [5, 5.41) is 13.5. The Hall–Kier alpha value is -4.39. The highest BCUT2D eigenvalue weighted by Crippen LogP contribution is 2.26. The predicted molar refractivity (Wildman–Crippen MR) is 101 cm³/mol. The molecule has 0 radical (unpaired) electrons. The van der Waals surface area contributed by atoms with Crippen molar-refractivity contribution >= 4 is 23.6 Å². The van der Waals surface area contributed by atoms with E-state index in [1.54, 1.807) is 24.5 Å². The lowest BCUT2D eigenvalue weighted by molar-refractivity contribution is -0.123. The molecule has 0 atom stereocenters. The maximum atomic E-state index is 13.5. The second-order valence-electron chi connectivity index (χ2n) is 5.97. The number of ether oxygens (including phenoxy) is 1. The molecule has 0 unspecified atom stereocenters. The van der Waals surface area contributed by atoms with Crippen LogP contribution in [0.4, 0.5) is 14.9 Å². The molecule has 1 aromatic carbocycles. The fourth-order valence-corrected chi connectivity index (χ4v) is 2.61. The lowest BCUT2D eigenvalue weighted by atomic mass is 10.1. The monoisotopic (exact) mass is 410 g/mol. The quantitative estimate of drug-likeness (QED) is 0.623. The molecule has 0 saturated heterocycles. The van der Waals surface area contributed by atoms with Gasteiger partial charge in [-0.2, -0.15) is 5.26 Å². The average Bonchev–Trinajstić information content (AvgIpc) is 3.35. The third kappa shape index (κ3) is 4.36. The standard InChI is InChI=1S/C20H15FN4O5/c1-12-17(13(10-22)18(30-12)25-8-4-5-9-25)19(27)29-11-16(26)24-20(28)23-15-7-3-2-6-14(15)21/h2-9H,11H2,1H3,(H2,23,24,26,28). The van der Waals surface area contributed by atoms with Gasteiger partial charge in [0.15, 0.2) is 6.61 Å². The highest BCUT2D eigenvalue weighted by Gasteiger charge is 2.26. The molecule has 2 N–H and O–H groups in total. The minimum atomic E-state index is -0.992. The molecule has 0 spiro atoms. The van der Waals surface area contributed by atoms with E-state index in [1.165, 1.54) is 29.7 Å². The first-order valence-electron chi connectivity index (χ1n) is 8.60. The summed E-state index contributed by atoms with van der Waals surface area (Å²) in [6.07, 6.45) is 3.27. The van der Waals surface area contributed by atoms with Gasteiger partial charge in [0.1, 0.15) is 28.8 Å². The van der Waals surface area contributed by atoms with Crippen molar-refractivity contribution in [3.8, 4) is 12.0 Å². The molecule has 0 aliphatic carbocycles. The molecule has 3 aromatic rings. The van der Waals surface area contributed by atoms with E-state index in [0.717, 1.165) is 6.07 Å². The summed E-state index contributed by atoms with van der Waals surface area (Å²) in [7, 11) is 0. The zero-order valence-electron chi connectivity index (χ0n) is 15.6. The van der Waals surface area contributed by atoms with E-state index >= 15 is 0 Å². The number of amides is 3. The zero-order chi connectivity index (χ0) is 21.7.